The minimum absolute atomic E-state index is 0.0174. The van der Waals surface area contributed by atoms with Gasteiger partial charge in [-0.3, -0.25) is 0 Å². The van der Waals surface area contributed by atoms with Crippen molar-refractivity contribution < 1.29 is 8.78 Å². The van der Waals surface area contributed by atoms with Crippen LogP contribution in [0.4, 0.5) is 8.78 Å². The lowest BCUT2D eigenvalue weighted by Gasteiger charge is -2.14. The van der Waals surface area contributed by atoms with Crippen LogP contribution in [-0.4, -0.2) is 0 Å². The first kappa shape index (κ1) is 12.2. The quantitative estimate of drug-likeness (QED) is 0.889. The summed E-state index contributed by atoms with van der Waals surface area (Å²) in [7, 11) is 0. The Morgan fingerprint density at radius 2 is 2.06 bits per heavy atom. The molecule has 0 fully saturated rings. The van der Waals surface area contributed by atoms with Crippen LogP contribution < -0.4 is 5.73 Å². The summed E-state index contributed by atoms with van der Waals surface area (Å²) in [6.07, 6.45) is 0.445. The number of hydrogen-bond acceptors (Lipinski definition) is 2. The van der Waals surface area contributed by atoms with Crippen molar-refractivity contribution in [2.75, 3.05) is 0 Å². The Kier molecular flexibility index (Phi) is 3.54. The molecule has 2 N–H and O–H groups in total. The summed E-state index contributed by atoms with van der Waals surface area (Å²) in [5.41, 5.74) is 7.29. The van der Waals surface area contributed by atoms with Crippen molar-refractivity contribution in [2.24, 2.45) is 5.73 Å². The summed E-state index contributed by atoms with van der Waals surface area (Å²) >= 11 is 1.55. The molecule has 0 spiro atoms. The molecule has 0 saturated carbocycles. The summed E-state index contributed by atoms with van der Waals surface area (Å²) < 4.78 is 27.4. The summed E-state index contributed by atoms with van der Waals surface area (Å²) in [5, 5.41) is 3.86. The van der Waals surface area contributed by atoms with Gasteiger partial charge in [0.2, 0.25) is 0 Å². The van der Waals surface area contributed by atoms with Crippen LogP contribution in [0.5, 0.6) is 0 Å². The maximum absolute atomic E-state index is 13.8. The van der Waals surface area contributed by atoms with Crippen molar-refractivity contribution in [2.45, 2.75) is 19.4 Å². The van der Waals surface area contributed by atoms with Gasteiger partial charge in [-0.05, 0) is 47.4 Å². The van der Waals surface area contributed by atoms with E-state index in [1.54, 1.807) is 18.3 Å². The first-order valence-electron chi connectivity index (χ1n) is 5.30. The number of thiophene rings is 1. The van der Waals surface area contributed by atoms with Gasteiger partial charge in [-0.15, -0.1) is 0 Å². The molecule has 0 amide bonds. The normalized spacial score (nSPS) is 12.7. The predicted octanol–water partition coefficient (Wildman–Crippen LogP) is 3.58. The number of hydrogen-bond donors (Lipinski definition) is 1. The molecule has 0 aliphatic carbocycles. The smallest absolute Gasteiger partial charge is 0.133 e. The van der Waals surface area contributed by atoms with E-state index in [0.29, 0.717) is 12.0 Å². The fraction of sp³-hybridized carbons (Fsp3) is 0.231. The molecule has 2 rings (SSSR count). The fourth-order valence-corrected chi connectivity index (χ4v) is 2.46. The van der Waals surface area contributed by atoms with Crippen LogP contribution in [-0.2, 0) is 6.42 Å². The van der Waals surface area contributed by atoms with E-state index in [2.05, 4.69) is 0 Å². The molecular weight excluding hydrogens is 240 g/mol. The highest BCUT2D eigenvalue weighted by Crippen LogP contribution is 2.25. The average molecular weight is 253 g/mol. The molecule has 0 bridgehead atoms. The first-order valence-corrected chi connectivity index (χ1v) is 6.25. The maximum atomic E-state index is 13.8. The van der Waals surface area contributed by atoms with E-state index in [1.165, 1.54) is 12.1 Å². The van der Waals surface area contributed by atoms with Crippen LogP contribution in [0.2, 0.25) is 0 Å². The second kappa shape index (κ2) is 4.94. The first-order chi connectivity index (χ1) is 8.09. The van der Waals surface area contributed by atoms with Gasteiger partial charge in [0.25, 0.3) is 0 Å². The molecule has 0 aliphatic rings. The number of benzene rings is 1. The lowest BCUT2D eigenvalue weighted by atomic mass is 9.98. The third-order valence-electron chi connectivity index (χ3n) is 2.73. The maximum Gasteiger partial charge on any atom is 0.133 e. The molecule has 1 heterocycles. The zero-order chi connectivity index (χ0) is 12.4. The van der Waals surface area contributed by atoms with E-state index in [0.717, 1.165) is 5.56 Å². The van der Waals surface area contributed by atoms with E-state index in [9.17, 15) is 8.78 Å². The summed E-state index contributed by atoms with van der Waals surface area (Å²) in [6, 6.07) is 3.95. The van der Waals surface area contributed by atoms with Crippen LogP contribution in [0.15, 0.2) is 29.0 Å². The lowest BCUT2D eigenvalue weighted by Crippen LogP contribution is -2.17. The summed E-state index contributed by atoms with van der Waals surface area (Å²) in [5.74, 6) is -1.11. The molecule has 0 aliphatic heterocycles. The van der Waals surface area contributed by atoms with E-state index >= 15 is 0 Å². The van der Waals surface area contributed by atoms with Gasteiger partial charge in [0.05, 0.1) is 0 Å². The van der Waals surface area contributed by atoms with Crippen LogP contribution in [0.3, 0.4) is 0 Å². The molecule has 4 heteroatoms. The molecular formula is C13H13F2NS. The number of halogens is 2. The van der Waals surface area contributed by atoms with Gasteiger partial charge in [0, 0.05) is 11.6 Å². The van der Waals surface area contributed by atoms with E-state index in [4.69, 9.17) is 5.73 Å². The van der Waals surface area contributed by atoms with Gasteiger partial charge in [-0.1, -0.05) is 6.07 Å². The van der Waals surface area contributed by atoms with Crippen molar-refractivity contribution in [3.05, 3.63) is 57.3 Å². The molecule has 0 saturated heterocycles. The molecule has 1 aromatic heterocycles. The average Bonchev–Trinajstić information content (AvgIpc) is 2.77. The Labute approximate surface area is 103 Å². The highest BCUT2D eigenvalue weighted by Gasteiger charge is 2.18. The highest BCUT2D eigenvalue weighted by molar-refractivity contribution is 7.07. The predicted molar refractivity (Wildman–Crippen MR) is 66.0 cm³/mol. The topological polar surface area (TPSA) is 26.0 Å². The van der Waals surface area contributed by atoms with E-state index < -0.39 is 17.7 Å². The Morgan fingerprint density at radius 3 is 2.71 bits per heavy atom. The second-order valence-electron chi connectivity index (χ2n) is 4.03. The molecule has 1 aromatic carbocycles. The van der Waals surface area contributed by atoms with E-state index in [1.807, 2.05) is 16.8 Å². The number of nitrogens with two attached hydrogens (primary N) is 1. The number of rotatable bonds is 3. The van der Waals surface area contributed by atoms with Crippen molar-refractivity contribution in [1.29, 1.82) is 0 Å². The monoisotopic (exact) mass is 253 g/mol. The van der Waals surface area contributed by atoms with Crippen LogP contribution >= 0.6 is 11.3 Å². The minimum Gasteiger partial charge on any atom is -0.323 e. The molecule has 1 atom stereocenters. The standard InChI is InChI=1S/C13H13F2NS/c1-8-2-3-10(14)12(13(8)15)11(16)6-9-4-5-17-7-9/h2-5,7,11H,6,16H2,1H3. The Balaban J connectivity index is 2.30. The van der Waals surface area contributed by atoms with Crippen molar-refractivity contribution in [3.63, 3.8) is 0 Å². The number of aryl methyl sites for hydroxylation is 1. The molecule has 1 unspecified atom stereocenters. The van der Waals surface area contributed by atoms with Crippen LogP contribution in [0.25, 0.3) is 0 Å². The highest BCUT2D eigenvalue weighted by atomic mass is 32.1. The third kappa shape index (κ3) is 2.53. The van der Waals surface area contributed by atoms with Crippen molar-refractivity contribution in [1.82, 2.24) is 0 Å². The van der Waals surface area contributed by atoms with Gasteiger partial charge >= 0.3 is 0 Å². The molecule has 1 nitrogen and oxygen atoms in total. The van der Waals surface area contributed by atoms with Crippen LogP contribution in [0.1, 0.15) is 22.7 Å². The largest absolute Gasteiger partial charge is 0.323 e. The van der Waals surface area contributed by atoms with Gasteiger partial charge in [0.1, 0.15) is 11.6 Å². The fourth-order valence-electron chi connectivity index (χ4n) is 1.78. The second-order valence-corrected chi connectivity index (χ2v) is 4.81. The molecule has 90 valence electrons. The summed E-state index contributed by atoms with van der Waals surface area (Å²) in [6.45, 7) is 1.61. The molecule has 2 aromatic rings. The minimum atomic E-state index is -0.649. The molecule has 17 heavy (non-hydrogen) atoms. The Bertz CT molecular complexity index is 508. The SMILES string of the molecule is Cc1ccc(F)c(C(N)Cc2ccsc2)c1F. The zero-order valence-electron chi connectivity index (χ0n) is 9.41. The summed E-state index contributed by atoms with van der Waals surface area (Å²) in [4.78, 5) is 0. The lowest BCUT2D eigenvalue weighted by molar-refractivity contribution is 0.520. The zero-order valence-corrected chi connectivity index (χ0v) is 10.2. The van der Waals surface area contributed by atoms with Crippen LogP contribution in [0, 0.1) is 18.6 Å². The third-order valence-corrected chi connectivity index (χ3v) is 3.46. The Hall–Kier alpha value is -1.26. The molecule has 0 radical (unpaired) electrons. The van der Waals surface area contributed by atoms with Gasteiger partial charge in [-0.25, -0.2) is 8.78 Å². The van der Waals surface area contributed by atoms with Gasteiger partial charge in [0.15, 0.2) is 0 Å². The van der Waals surface area contributed by atoms with Gasteiger partial charge in [-0.2, -0.15) is 11.3 Å². The Morgan fingerprint density at radius 1 is 1.29 bits per heavy atom. The van der Waals surface area contributed by atoms with Crippen molar-refractivity contribution in [3.8, 4) is 0 Å². The van der Waals surface area contributed by atoms with Gasteiger partial charge < -0.3 is 5.73 Å². The van der Waals surface area contributed by atoms with Crippen molar-refractivity contribution >= 4 is 11.3 Å². The van der Waals surface area contributed by atoms with E-state index in [-0.39, 0.29) is 5.56 Å².